The number of benzene rings is 1. The monoisotopic (exact) mass is 534 g/mol. The molecule has 0 saturated carbocycles. The number of halogens is 1. The first kappa shape index (κ1) is 28.3. The number of rotatable bonds is 8. The number of pyridine rings is 1. The zero-order valence-corrected chi connectivity index (χ0v) is 23.5. The number of nitrogens with zero attached hydrogens (tertiary/aromatic N) is 2. The fourth-order valence-corrected chi connectivity index (χ4v) is 5.51. The van der Waals surface area contributed by atoms with Crippen LogP contribution in [0.1, 0.15) is 62.4 Å². The molecule has 3 heterocycles. The largest absolute Gasteiger partial charge is 0.487 e. The van der Waals surface area contributed by atoms with E-state index in [0.29, 0.717) is 11.6 Å². The lowest BCUT2D eigenvalue weighted by atomic mass is 9.72. The minimum Gasteiger partial charge on any atom is -0.487 e. The van der Waals surface area contributed by atoms with Crippen LogP contribution >= 0.6 is 11.6 Å². The van der Waals surface area contributed by atoms with Crippen LogP contribution in [0.25, 0.3) is 5.57 Å². The summed E-state index contributed by atoms with van der Waals surface area (Å²) >= 11 is 5.95. The van der Waals surface area contributed by atoms with Crippen LogP contribution in [0.3, 0.4) is 0 Å². The van der Waals surface area contributed by atoms with Gasteiger partial charge in [-0.3, -0.25) is 4.98 Å². The van der Waals surface area contributed by atoms with Gasteiger partial charge in [0.25, 0.3) is 0 Å². The molecule has 2 aromatic rings. The van der Waals surface area contributed by atoms with E-state index >= 15 is 0 Å². The van der Waals surface area contributed by atoms with E-state index in [2.05, 4.69) is 34.7 Å². The van der Waals surface area contributed by atoms with Crippen molar-refractivity contribution in [2.24, 2.45) is 5.41 Å². The highest BCUT2D eigenvalue weighted by Crippen LogP contribution is 2.40. The van der Waals surface area contributed by atoms with Crippen molar-refractivity contribution in [3.05, 3.63) is 100 Å². The SMILES string of the molecule is C=C(Cl)/C=C\C(=C/C)C1(CO)CCN(CC/C=C2/c3cc(C(C)(C)O)ccc3OCc3ncccc32)CC1. The number of fused-ring (bicyclic) bond motifs is 2. The van der Waals surface area contributed by atoms with Gasteiger partial charge in [0.05, 0.1) is 17.9 Å². The molecule has 1 saturated heterocycles. The first-order valence-corrected chi connectivity index (χ1v) is 13.7. The second-order valence-corrected chi connectivity index (χ2v) is 11.3. The summed E-state index contributed by atoms with van der Waals surface area (Å²) in [6.07, 6.45) is 12.6. The van der Waals surface area contributed by atoms with E-state index in [9.17, 15) is 10.2 Å². The maximum atomic E-state index is 10.7. The van der Waals surface area contributed by atoms with Crippen molar-refractivity contribution in [1.29, 1.82) is 0 Å². The van der Waals surface area contributed by atoms with Gasteiger partial charge in [-0.2, -0.15) is 0 Å². The maximum absolute atomic E-state index is 10.7. The normalized spacial score (nSPS) is 19.1. The number of allylic oxidation sites excluding steroid dienone is 4. The molecule has 1 aromatic carbocycles. The molecule has 0 unspecified atom stereocenters. The summed E-state index contributed by atoms with van der Waals surface area (Å²) in [6, 6.07) is 9.98. The third kappa shape index (κ3) is 6.29. The quantitative estimate of drug-likeness (QED) is 0.386. The summed E-state index contributed by atoms with van der Waals surface area (Å²) in [4.78, 5) is 7.05. The average molecular weight is 535 g/mol. The van der Waals surface area contributed by atoms with Gasteiger partial charge in [-0.1, -0.05) is 48.5 Å². The second-order valence-electron chi connectivity index (χ2n) is 10.8. The molecule has 0 radical (unpaired) electrons. The van der Waals surface area contributed by atoms with Crippen LogP contribution < -0.4 is 4.74 Å². The Morgan fingerprint density at radius 3 is 2.63 bits per heavy atom. The first-order chi connectivity index (χ1) is 18.2. The molecule has 2 aliphatic rings. The van der Waals surface area contributed by atoms with E-state index in [-0.39, 0.29) is 12.0 Å². The number of hydrogen-bond donors (Lipinski definition) is 2. The number of hydrogen-bond acceptors (Lipinski definition) is 5. The van der Waals surface area contributed by atoms with Crippen molar-refractivity contribution < 1.29 is 14.9 Å². The van der Waals surface area contributed by atoms with Crippen LogP contribution in [0.4, 0.5) is 0 Å². The topological polar surface area (TPSA) is 65.8 Å². The number of ether oxygens (including phenoxy) is 1. The minimum absolute atomic E-state index is 0.119. The molecule has 0 spiro atoms. The highest BCUT2D eigenvalue weighted by Gasteiger charge is 2.36. The van der Waals surface area contributed by atoms with Crippen molar-refractivity contribution >= 4 is 17.2 Å². The van der Waals surface area contributed by atoms with Gasteiger partial charge >= 0.3 is 0 Å². The van der Waals surface area contributed by atoms with Crippen molar-refractivity contribution in [2.45, 2.75) is 52.2 Å². The highest BCUT2D eigenvalue weighted by atomic mass is 35.5. The fourth-order valence-electron chi connectivity index (χ4n) is 5.45. The Morgan fingerprint density at radius 2 is 1.97 bits per heavy atom. The summed E-state index contributed by atoms with van der Waals surface area (Å²) in [5.41, 5.74) is 4.83. The summed E-state index contributed by atoms with van der Waals surface area (Å²) in [7, 11) is 0. The molecule has 5 nitrogen and oxygen atoms in total. The zero-order valence-electron chi connectivity index (χ0n) is 22.7. The fraction of sp³-hybridized carbons (Fsp3) is 0.406. The molecule has 6 heteroatoms. The number of aliphatic hydroxyl groups is 2. The molecule has 202 valence electrons. The van der Waals surface area contributed by atoms with Gasteiger partial charge in [0, 0.05) is 34.3 Å². The van der Waals surface area contributed by atoms with Gasteiger partial charge in [0.1, 0.15) is 12.4 Å². The van der Waals surface area contributed by atoms with E-state index in [1.165, 1.54) is 0 Å². The van der Waals surface area contributed by atoms with Crippen LogP contribution in [0.2, 0.25) is 0 Å². The molecule has 2 aliphatic heterocycles. The van der Waals surface area contributed by atoms with Gasteiger partial charge in [-0.25, -0.2) is 0 Å². The molecule has 1 fully saturated rings. The number of aliphatic hydroxyl groups excluding tert-OH is 1. The molecular formula is C32H39ClN2O3. The predicted octanol–water partition coefficient (Wildman–Crippen LogP) is 6.35. The minimum atomic E-state index is -0.949. The van der Waals surface area contributed by atoms with Gasteiger partial charge in [-0.15, -0.1) is 0 Å². The number of aromatic nitrogens is 1. The summed E-state index contributed by atoms with van der Waals surface area (Å²) < 4.78 is 6.13. The van der Waals surface area contributed by atoms with Crippen molar-refractivity contribution in [1.82, 2.24) is 9.88 Å². The van der Waals surface area contributed by atoms with Crippen LogP contribution in [-0.4, -0.2) is 46.3 Å². The standard InChI is InChI=1S/C32H39ClN2O3/c1-5-24(11-10-23(2)33)32(22-36)14-18-35(19-15-32)17-7-9-26-27-8-6-16-34-29(27)21-38-30-13-12-25(20-28(26)30)31(3,4)37/h5-6,8-13,16,20,36-37H,2,7,14-15,17-19,21-22H2,1,3-4H3/b11-10-,24-5+,26-9+. The van der Waals surface area contributed by atoms with Gasteiger partial charge in [-0.05, 0) is 94.1 Å². The molecule has 0 aliphatic carbocycles. The maximum Gasteiger partial charge on any atom is 0.131 e. The lowest BCUT2D eigenvalue weighted by Crippen LogP contribution is -2.43. The Labute approximate surface area is 231 Å². The molecule has 4 rings (SSSR count). The van der Waals surface area contributed by atoms with Crippen molar-refractivity contribution in [3.8, 4) is 5.75 Å². The Bertz CT molecular complexity index is 1250. The zero-order chi connectivity index (χ0) is 27.3. The number of piperidine rings is 1. The average Bonchev–Trinajstić information content (AvgIpc) is 3.06. The molecule has 0 bridgehead atoms. The second kappa shape index (κ2) is 12.0. The molecular weight excluding hydrogens is 496 g/mol. The Kier molecular flexibility index (Phi) is 8.94. The Balaban J connectivity index is 1.53. The third-order valence-corrected chi connectivity index (χ3v) is 7.92. The van der Waals surface area contributed by atoms with E-state index < -0.39 is 5.60 Å². The van der Waals surface area contributed by atoms with E-state index in [1.807, 2.05) is 37.3 Å². The highest BCUT2D eigenvalue weighted by molar-refractivity contribution is 6.30. The Morgan fingerprint density at radius 1 is 1.21 bits per heavy atom. The molecule has 2 N–H and O–H groups in total. The van der Waals surface area contributed by atoms with Crippen LogP contribution in [0, 0.1) is 5.41 Å². The van der Waals surface area contributed by atoms with Crippen LogP contribution in [-0.2, 0) is 12.2 Å². The lowest BCUT2D eigenvalue weighted by molar-refractivity contribution is 0.0750. The summed E-state index contributed by atoms with van der Waals surface area (Å²) in [5.74, 6) is 0.805. The summed E-state index contributed by atoms with van der Waals surface area (Å²) in [5, 5.41) is 21.5. The molecule has 38 heavy (non-hydrogen) atoms. The van der Waals surface area contributed by atoms with Crippen molar-refractivity contribution in [2.75, 3.05) is 26.2 Å². The molecule has 1 aromatic heterocycles. The molecule has 0 atom stereocenters. The Hall–Kier alpha value is -2.70. The number of likely N-dealkylation sites (tertiary alicyclic amines) is 1. The van der Waals surface area contributed by atoms with E-state index in [1.54, 1.807) is 26.1 Å². The van der Waals surface area contributed by atoms with E-state index in [4.69, 9.17) is 16.3 Å². The van der Waals surface area contributed by atoms with Gasteiger partial charge in [0.2, 0.25) is 0 Å². The predicted molar refractivity (Wildman–Crippen MR) is 155 cm³/mol. The molecule has 0 amide bonds. The van der Waals surface area contributed by atoms with Gasteiger partial charge in [0.15, 0.2) is 0 Å². The van der Waals surface area contributed by atoms with Crippen LogP contribution in [0.5, 0.6) is 5.75 Å². The van der Waals surface area contributed by atoms with E-state index in [0.717, 1.165) is 78.2 Å². The van der Waals surface area contributed by atoms with Crippen molar-refractivity contribution in [3.63, 3.8) is 0 Å². The lowest BCUT2D eigenvalue weighted by Gasteiger charge is -2.41. The van der Waals surface area contributed by atoms with Crippen LogP contribution in [0.15, 0.2) is 78.0 Å². The smallest absolute Gasteiger partial charge is 0.131 e. The third-order valence-electron chi connectivity index (χ3n) is 7.80. The first-order valence-electron chi connectivity index (χ1n) is 13.3. The van der Waals surface area contributed by atoms with Gasteiger partial charge < -0.3 is 19.8 Å². The summed E-state index contributed by atoms with van der Waals surface area (Å²) in [6.45, 7) is 12.6.